The van der Waals surface area contributed by atoms with E-state index in [-0.39, 0.29) is 24.5 Å². The molecule has 1 saturated heterocycles. The number of carbonyl (C=O) groups excluding carboxylic acids is 3. The number of carbonyl (C=O) groups is 3. The molecular weight excluding hydrogens is 254 g/mol. The minimum atomic E-state index is -0.731. The van der Waals surface area contributed by atoms with E-state index < -0.39 is 24.6 Å². The summed E-state index contributed by atoms with van der Waals surface area (Å²) in [6.45, 7) is -0.223. The first-order chi connectivity index (χ1) is 9.08. The van der Waals surface area contributed by atoms with Gasteiger partial charge in [0.2, 0.25) is 0 Å². The Morgan fingerprint density at radius 1 is 1.32 bits per heavy atom. The number of ether oxygens (including phenoxy) is 2. The summed E-state index contributed by atoms with van der Waals surface area (Å²) in [4.78, 5) is 35.1. The van der Waals surface area contributed by atoms with Crippen molar-refractivity contribution >= 4 is 18.0 Å². The van der Waals surface area contributed by atoms with Gasteiger partial charge in [0.15, 0.2) is 6.61 Å². The van der Waals surface area contributed by atoms with Crippen LogP contribution < -0.4 is 0 Å². The third-order valence-electron chi connectivity index (χ3n) is 2.49. The van der Waals surface area contributed by atoms with Crippen molar-refractivity contribution < 1.29 is 29.0 Å². The predicted octanol–water partition coefficient (Wildman–Crippen LogP) is 0.528. The normalized spacial score (nSPS) is 14.1. The fraction of sp³-hybridized carbons (Fsp3) is 0.250. The molecule has 1 N–H and O–H groups in total. The lowest BCUT2D eigenvalue weighted by Crippen LogP contribution is -2.35. The summed E-state index contributed by atoms with van der Waals surface area (Å²) in [5.41, 5.74) is 0.203. The van der Waals surface area contributed by atoms with E-state index in [2.05, 4.69) is 4.74 Å². The van der Waals surface area contributed by atoms with Gasteiger partial charge < -0.3 is 14.6 Å². The highest BCUT2D eigenvalue weighted by molar-refractivity contribution is 5.96. The molecule has 0 radical (unpaired) electrons. The number of hydrogen-bond donors (Lipinski definition) is 1. The molecular formula is C12H11NO6. The van der Waals surface area contributed by atoms with Gasteiger partial charge in [-0.1, -0.05) is 0 Å². The van der Waals surface area contributed by atoms with Crippen molar-refractivity contribution in [1.82, 2.24) is 4.90 Å². The molecule has 19 heavy (non-hydrogen) atoms. The second-order valence-corrected chi connectivity index (χ2v) is 3.78. The summed E-state index contributed by atoms with van der Waals surface area (Å²) >= 11 is 0. The summed E-state index contributed by atoms with van der Waals surface area (Å²) in [7, 11) is 0. The van der Waals surface area contributed by atoms with Crippen molar-refractivity contribution in [3.63, 3.8) is 0 Å². The number of benzene rings is 1. The quantitative estimate of drug-likeness (QED) is 0.801. The van der Waals surface area contributed by atoms with Gasteiger partial charge in [-0.05, 0) is 24.3 Å². The highest BCUT2D eigenvalue weighted by Gasteiger charge is 2.28. The van der Waals surface area contributed by atoms with E-state index in [1.165, 1.54) is 24.3 Å². The van der Waals surface area contributed by atoms with Gasteiger partial charge in [-0.3, -0.25) is 4.79 Å². The van der Waals surface area contributed by atoms with E-state index in [1.54, 1.807) is 0 Å². The second-order valence-electron chi connectivity index (χ2n) is 3.78. The Morgan fingerprint density at radius 3 is 2.58 bits per heavy atom. The first-order valence-electron chi connectivity index (χ1n) is 5.51. The van der Waals surface area contributed by atoms with E-state index in [0.29, 0.717) is 0 Å². The first kappa shape index (κ1) is 12.9. The van der Waals surface area contributed by atoms with Crippen LogP contribution in [0.1, 0.15) is 10.4 Å². The number of nitrogens with zero attached hydrogens (tertiary/aromatic N) is 1. The average Bonchev–Trinajstić information content (AvgIpc) is 2.83. The molecule has 1 fully saturated rings. The van der Waals surface area contributed by atoms with E-state index in [0.717, 1.165) is 4.90 Å². The number of hydrogen-bond acceptors (Lipinski definition) is 6. The van der Waals surface area contributed by atoms with Gasteiger partial charge in [0.05, 0.1) is 12.1 Å². The standard InChI is InChI=1S/C12H11NO6/c14-9-3-1-8(2-4-9)11(16)19-7-10(15)13-5-6-18-12(13)17/h1-4,14H,5-7H2. The Kier molecular flexibility index (Phi) is 3.65. The van der Waals surface area contributed by atoms with Crippen LogP contribution in [0.4, 0.5) is 4.79 Å². The lowest BCUT2D eigenvalue weighted by Gasteiger charge is -2.10. The van der Waals surface area contributed by atoms with Crippen LogP contribution in [0.5, 0.6) is 5.75 Å². The van der Waals surface area contributed by atoms with Crippen LogP contribution in [0.2, 0.25) is 0 Å². The molecule has 100 valence electrons. The average molecular weight is 265 g/mol. The molecule has 2 amide bonds. The van der Waals surface area contributed by atoms with Crippen molar-refractivity contribution in [2.45, 2.75) is 0 Å². The molecule has 7 heteroatoms. The third-order valence-corrected chi connectivity index (χ3v) is 2.49. The van der Waals surface area contributed by atoms with Gasteiger partial charge in [-0.25, -0.2) is 14.5 Å². The van der Waals surface area contributed by atoms with Gasteiger partial charge in [0.25, 0.3) is 5.91 Å². The van der Waals surface area contributed by atoms with E-state index >= 15 is 0 Å². The van der Waals surface area contributed by atoms with Gasteiger partial charge in [-0.15, -0.1) is 0 Å². The van der Waals surface area contributed by atoms with E-state index in [9.17, 15) is 14.4 Å². The molecule has 0 aromatic heterocycles. The highest BCUT2D eigenvalue weighted by atomic mass is 16.6. The Hall–Kier alpha value is -2.57. The molecule has 1 aromatic rings. The maximum Gasteiger partial charge on any atom is 0.416 e. The lowest BCUT2D eigenvalue weighted by molar-refractivity contribution is -0.131. The number of phenols is 1. The molecule has 2 rings (SSSR count). The Bertz CT molecular complexity index is 509. The number of cyclic esters (lactones) is 1. The van der Waals surface area contributed by atoms with Crippen molar-refractivity contribution in [3.05, 3.63) is 29.8 Å². The first-order valence-corrected chi connectivity index (χ1v) is 5.51. The summed E-state index contributed by atoms with van der Waals surface area (Å²) in [6, 6.07) is 5.39. The Morgan fingerprint density at radius 2 is 2.00 bits per heavy atom. The van der Waals surface area contributed by atoms with Crippen LogP contribution in [0.25, 0.3) is 0 Å². The minimum Gasteiger partial charge on any atom is -0.508 e. The smallest absolute Gasteiger partial charge is 0.416 e. The molecule has 0 saturated carbocycles. The van der Waals surface area contributed by atoms with Crippen molar-refractivity contribution in [2.24, 2.45) is 0 Å². The monoisotopic (exact) mass is 265 g/mol. The van der Waals surface area contributed by atoms with Crippen molar-refractivity contribution in [1.29, 1.82) is 0 Å². The van der Waals surface area contributed by atoms with Gasteiger partial charge in [0, 0.05) is 0 Å². The maximum atomic E-state index is 11.6. The molecule has 7 nitrogen and oxygen atoms in total. The lowest BCUT2D eigenvalue weighted by atomic mass is 10.2. The highest BCUT2D eigenvalue weighted by Crippen LogP contribution is 2.11. The zero-order valence-electron chi connectivity index (χ0n) is 9.87. The number of aromatic hydroxyl groups is 1. The Balaban J connectivity index is 1.88. The molecule has 1 aliphatic heterocycles. The van der Waals surface area contributed by atoms with Crippen LogP contribution in [-0.2, 0) is 14.3 Å². The van der Waals surface area contributed by atoms with Crippen LogP contribution >= 0.6 is 0 Å². The number of amides is 2. The minimum absolute atomic E-state index is 0.0208. The molecule has 1 aromatic carbocycles. The van der Waals surface area contributed by atoms with E-state index in [4.69, 9.17) is 9.84 Å². The topological polar surface area (TPSA) is 93.1 Å². The van der Waals surface area contributed by atoms with Crippen LogP contribution in [0, 0.1) is 0 Å². The molecule has 0 aliphatic carbocycles. The third kappa shape index (κ3) is 3.01. The zero-order chi connectivity index (χ0) is 13.8. The fourth-order valence-corrected chi connectivity index (χ4v) is 1.51. The maximum absolute atomic E-state index is 11.6. The molecule has 0 unspecified atom stereocenters. The van der Waals surface area contributed by atoms with Crippen molar-refractivity contribution in [2.75, 3.05) is 19.8 Å². The van der Waals surface area contributed by atoms with Crippen molar-refractivity contribution in [3.8, 4) is 5.75 Å². The van der Waals surface area contributed by atoms with Crippen LogP contribution in [-0.4, -0.2) is 47.7 Å². The SMILES string of the molecule is O=C(OCC(=O)N1CCOC1=O)c1ccc(O)cc1. The fourth-order valence-electron chi connectivity index (χ4n) is 1.51. The van der Waals surface area contributed by atoms with Gasteiger partial charge in [0.1, 0.15) is 12.4 Å². The molecule has 0 atom stereocenters. The Labute approximate surface area is 108 Å². The van der Waals surface area contributed by atoms with Gasteiger partial charge >= 0.3 is 12.1 Å². The summed E-state index contributed by atoms with van der Waals surface area (Å²) < 4.78 is 9.36. The molecule has 1 heterocycles. The number of esters is 1. The van der Waals surface area contributed by atoms with Crippen LogP contribution in [0.3, 0.4) is 0 Å². The zero-order valence-corrected chi connectivity index (χ0v) is 9.87. The predicted molar refractivity (Wildman–Crippen MR) is 61.5 cm³/mol. The molecule has 0 spiro atoms. The number of imide groups is 1. The molecule has 1 aliphatic rings. The largest absolute Gasteiger partial charge is 0.508 e. The summed E-state index contributed by atoms with van der Waals surface area (Å²) in [5, 5.41) is 9.07. The molecule has 0 bridgehead atoms. The van der Waals surface area contributed by atoms with E-state index in [1.807, 2.05) is 0 Å². The second kappa shape index (κ2) is 5.38. The number of rotatable bonds is 3. The summed E-state index contributed by atoms with van der Waals surface area (Å²) in [5.74, 6) is -1.32. The summed E-state index contributed by atoms with van der Waals surface area (Å²) in [6.07, 6.45) is -0.731. The number of phenolic OH excluding ortho intramolecular Hbond substituents is 1. The van der Waals surface area contributed by atoms with Gasteiger partial charge in [-0.2, -0.15) is 0 Å². The van der Waals surface area contributed by atoms with Crippen LogP contribution in [0.15, 0.2) is 24.3 Å².